The zero-order valence-electron chi connectivity index (χ0n) is 9.36. The minimum absolute atomic E-state index is 0.270. The topological polar surface area (TPSA) is 29.5 Å². The molecule has 2 rings (SSSR count). The predicted octanol–water partition coefficient (Wildman–Crippen LogP) is 2.37. The molecular weight excluding hydrogens is 188 g/mol. The third-order valence-electron chi connectivity index (χ3n) is 3.28. The summed E-state index contributed by atoms with van der Waals surface area (Å²) in [6.07, 6.45) is 0.598. The Hall–Kier alpha value is -0.860. The molecule has 0 saturated carbocycles. The Labute approximate surface area is 90.9 Å². The number of aliphatic hydroxyl groups is 1. The van der Waals surface area contributed by atoms with Crippen molar-refractivity contribution in [2.45, 2.75) is 26.4 Å². The van der Waals surface area contributed by atoms with E-state index in [0.717, 1.165) is 18.6 Å². The van der Waals surface area contributed by atoms with E-state index < -0.39 is 0 Å². The van der Waals surface area contributed by atoms with E-state index in [-0.39, 0.29) is 12.0 Å². The number of ether oxygens (including phenoxy) is 1. The number of aryl methyl sites for hydroxylation is 2. The Morgan fingerprint density at radius 1 is 1.33 bits per heavy atom. The minimum atomic E-state index is -0.369. The second-order valence-electron chi connectivity index (χ2n) is 4.41. The fourth-order valence-electron chi connectivity index (χ4n) is 2.02. The van der Waals surface area contributed by atoms with Crippen LogP contribution in [0.4, 0.5) is 0 Å². The van der Waals surface area contributed by atoms with Crippen molar-refractivity contribution in [3.63, 3.8) is 0 Å². The Morgan fingerprint density at radius 3 is 2.73 bits per heavy atom. The van der Waals surface area contributed by atoms with Crippen LogP contribution in [0.5, 0.6) is 0 Å². The van der Waals surface area contributed by atoms with Gasteiger partial charge in [-0.3, -0.25) is 0 Å². The summed E-state index contributed by atoms with van der Waals surface area (Å²) in [6, 6.07) is 6.17. The van der Waals surface area contributed by atoms with Gasteiger partial charge in [-0.25, -0.2) is 0 Å². The van der Waals surface area contributed by atoms with Crippen LogP contribution in [0.1, 0.15) is 29.2 Å². The normalized spacial score (nSPS) is 23.0. The van der Waals surface area contributed by atoms with Crippen molar-refractivity contribution in [2.24, 2.45) is 5.92 Å². The first-order chi connectivity index (χ1) is 7.18. The second kappa shape index (κ2) is 4.33. The summed E-state index contributed by atoms with van der Waals surface area (Å²) < 4.78 is 5.29. The molecule has 1 fully saturated rings. The first-order valence-corrected chi connectivity index (χ1v) is 5.51. The molecule has 0 bridgehead atoms. The maximum absolute atomic E-state index is 10.2. The molecule has 2 atom stereocenters. The molecular formula is C13H18O2. The largest absolute Gasteiger partial charge is 0.388 e. The first kappa shape index (κ1) is 10.7. The summed E-state index contributed by atoms with van der Waals surface area (Å²) in [5.41, 5.74) is 3.53. The molecule has 1 aliphatic rings. The van der Waals surface area contributed by atoms with Gasteiger partial charge in [-0.15, -0.1) is 0 Å². The van der Waals surface area contributed by atoms with Gasteiger partial charge in [-0.05, 0) is 37.0 Å². The highest BCUT2D eigenvalue weighted by Gasteiger charge is 2.25. The number of rotatable bonds is 2. The highest BCUT2D eigenvalue weighted by molar-refractivity contribution is 5.31. The van der Waals surface area contributed by atoms with E-state index in [9.17, 15) is 5.11 Å². The van der Waals surface area contributed by atoms with E-state index in [2.05, 4.69) is 26.0 Å². The Morgan fingerprint density at radius 2 is 2.13 bits per heavy atom. The molecule has 1 N–H and O–H groups in total. The van der Waals surface area contributed by atoms with Crippen LogP contribution < -0.4 is 0 Å². The summed E-state index contributed by atoms with van der Waals surface area (Å²) in [5, 5.41) is 10.2. The standard InChI is InChI=1S/C13H18O2/c1-9-3-4-11(7-10(9)2)13(14)12-5-6-15-8-12/h3-4,7,12-14H,5-6,8H2,1-2H3. The molecule has 0 amide bonds. The van der Waals surface area contributed by atoms with Crippen LogP contribution in [-0.4, -0.2) is 18.3 Å². The van der Waals surface area contributed by atoms with Crippen molar-refractivity contribution in [3.8, 4) is 0 Å². The molecule has 1 aliphatic heterocycles. The van der Waals surface area contributed by atoms with E-state index in [1.807, 2.05) is 6.07 Å². The van der Waals surface area contributed by atoms with Gasteiger partial charge in [0.1, 0.15) is 0 Å². The Kier molecular flexibility index (Phi) is 3.08. The zero-order chi connectivity index (χ0) is 10.8. The van der Waals surface area contributed by atoms with Crippen LogP contribution in [-0.2, 0) is 4.74 Å². The van der Waals surface area contributed by atoms with E-state index in [4.69, 9.17) is 4.74 Å². The molecule has 1 saturated heterocycles. The van der Waals surface area contributed by atoms with Crippen molar-refractivity contribution in [1.82, 2.24) is 0 Å². The average Bonchev–Trinajstić information content (AvgIpc) is 2.74. The smallest absolute Gasteiger partial charge is 0.0841 e. The summed E-state index contributed by atoms with van der Waals surface area (Å²) in [5.74, 6) is 0.270. The summed E-state index contributed by atoms with van der Waals surface area (Å²) in [6.45, 7) is 5.64. The SMILES string of the molecule is Cc1ccc(C(O)C2CCOC2)cc1C. The molecule has 1 aromatic rings. The van der Waals surface area contributed by atoms with Crippen LogP contribution in [0.25, 0.3) is 0 Å². The van der Waals surface area contributed by atoms with Gasteiger partial charge in [-0.1, -0.05) is 18.2 Å². The van der Waals surface area contributed by atoms with Crippen LogP contribution in [0, 0.1) is 19.8 Å². The number of aliphatic hydroxyl groups excluding tert-OH is 1. The lowest BCUT2D eigenvalue weighted by molar-refractivity contribution is 0.0917. The lowest BCUT2D eigenvalue weighted by Crippen LogP contribution is -2.12. The average molecular weight is 206 g/mol. The molecule has 2 heteroatoms. The predicted molar refractivity (Wildman–Crippen MR) is 59.8 cm³/mol. The fraction of sp³-hybridized carbons (Fsp3) is 0.538. The maximum atomic E-state index is 10.2. The zero-order valence-corrected chi connectivity index (χ0v) is 9.36. The highest BCUT2D eigenvalue weighted by Crippen LogP contribution is 2.29. The van der Waals surface area contributed by atoms with Crippen LogP contribution >= 0.6 is 0 Å². The molecule has 0 spiro atoms. The van der Waals surface area contributed by atoms with Crippen molar-refractivity contribution in [1.29, 1.82) is 0 Å². The first-order valence-electron chi connectivity index (χ1n) is 5.51. The monoisotopic (exact) mass is 206 g/mol. The van der Waals surface area contributed by atoms with E-state index in [1.54, 1.807) is 0 Å². The van der Waals surface area contributed by atoms with Gasteiger partial charge in [-0.2, -0.15) is 0 Å². The second-order valence-corrected chi connectivity index (χ2v) is 4.41. The molecule has 0 aromatic heterocycles. The van der Waals surface area contributed by atoms with Gasteiger partial charge >= 0.3 is 0 Å². The number of hydrogen-bond donors (Lipinski definition) is 1. The Balaban J connectivity index is 2.17. The molecule has 1 heterocycles. The van der Waals surface area contributed by atoms with Crippen LogP contribution in [0.15, 0.2) is 18.2 Å². The van der Waals surface area contributed by atoms with E-state index >= 15 is 0 Å². The molecule has 0 radical (unpaired) electrons. The van der Waals surface area contributed by atoms with Crippen molar-refractivity contribution >= 4 is 0 Å². The summed E-state index contributed by atoms with van der Waals surface area (Å²) in [4.78, 5) is 0. The Bertz CT molecular complexity index is 340. The number of hydrogen-bond acceptors (Lipinski definition) is 2. The molecule has 1 aromatic carbocycles. The third-order valence-corrected chi connectivity index (χ3v) is 3.28. The molecule has 15 heavy (non-hydrogen) atoms. The molecule has 0 aliphatic carbocycles. The fourth-order valence-corrected chi connectivity index (χ4v) is 2.02. The highest BCUT2D eigenvalue weighted by atomic mass is 16.5. The van der Waals surface area contributed by atoms with Crippen molar-refractivity contribution in [3.05, 3.63) is 34.9 Å². The molecule has 2 nitrogen and oxygen atoms in total. The maximum Gasteiger partial charge on any atom is 0.0841 e. The summed E-state index contributed by atoms with van der Waals surface area (Å²) in [7, 11) is 0. The van der Waals surface area contributed by atoms with E-state index in [0.29, 0.717) is 6.61 Å². The minimum Gasteiger partial charge on any atom is -0.388 e. The lowest BCUT2D eigenvalue weighted by atomic mass is 9.93. The van der Waals surface area contributed by atoms with Gasteiger partial charge in [0.05, 0.1) is 12.7 Å². The quantitative estimate of drug-likeness (QED) is 0.805. The lowest BCUT2D eigenvalue weighted by Gasteiger charge is -2.17. The van der Waals surface area contributed by atoms with Crippen molar-refractivity contribution < 1.29 is 9.84 Å². The van der Waals surface area contributed by atoms with Gasteiger partial charge < -0.3 is 9.84 Å². The van der Waals surface area contributed by atoms with Crippen LogP contribution in [0.2, 0.25) is 0 Å². The van der Waals surface area contributed by atoms with Gasteiger partial charge in [0, 0.05) is 12.5 Å². The molecule has 2 unspecified atom stereocenters. The molecule has 82 valence electrons. The van der Waals surface area contributed by atoms with Gasteiger partial charge in [0.25, 0.3) is 0 Å². The van der Waals surface area contributed by atoms with Gasteiger partial charge in [0.2, 0.25) is 0 Å². The number of benzene rings is 1. The summed E-state index contributed by atoms with van der Waals surface area (Å²) >= 11 is 0. The van der Waals surface area contributed by atoms with Crippen LogP contribution in [0.3, 0.4) is 0 Å². The van der Waals surface area contributed by atoms with E-state index in [1.165, 1.54) is 11.1 Å². The van der Waals surface area contributed by atoms with Gasteiger partial charge in [0.15, 0.2) is 0 Å². The van der Waals surface area contributed by atoms with Crippen molar-refractivity contribution in [2.75, 3.05) is 13.2 Å². The third kappa shape index (κ3) is 2.21.